The van der Waals surface area contributed by atoms with Crippen LogP contribution in [0.25, 0.3) is 0 Å². The minimum atomic E-state index is -3.45. The molecule has 0 fully saturated rings. The SMILES string of the molecule is CN(C)NC(=O)c1ccc(S(=O)(=O)N(C)C)cc1. The maximum Gasteiger partial charge on any atom is 0.265 e. The quantitative estimate of drug-likeness (QED) is 0.791. The summed E-state index contributed by atoms with van der Waals surface area (Å²) in [5, 5.41) is 1.52. The highest BCUT2D eigenvalue weighted by Gasteiger charge is 2.17. The maximum absolute atomic E-state index is 11.8. The van der Waals surface area contributed by atoms with Crippen molar-refractivity contribution >= 4 is 15.9 Å². The average molecular weight is 271 g/mol. The molecule has 0 saturated heterocycles. The zero-order valence-electron chi connectivity index (χ0n) is 10.8. The number of carbonyl (C=O) groups excluding carboxylic acids is 1. The Kier molecular flexibility index (Phi) is 4.44. The van der Waals surface area contributed by atoms with Crippen LogP contribution in [0.5, 0.6) is 0 Å². The predicted molar refractivity (Wildman–Crippen MR) is 68.5 cm³/mol. The van der Waals surface area contributed by atoms with E-state index in [9.17, 15) is 13.2 Å². The van der Waals surface area contributed by atoms with Gasteiger partial charge in [-0.2, -0.15) is 0 Å². The lowest BCUT2D eigenvalue weighted by Crippen LogP contribution is -2.36. The fourth-order valence-electron chi connectivity index (χ4n) is 1.26. The molecule has 0 unspecified atom stereocenters. The summed E-state index contributed by atoms with van der Waals surface area (Å²) in [6.07, 6.45) is 0. The second kappa shape index (κ2) is 5.47. The molecule has 0 bridgehead atoms. The van der Waals surface area contributed by atoms with Gasteiger partial charge in [-0.3, -0.25) is 10.2 Å². The molecule has 0 aromatic heterocycles. The van der Waals surface area contributed by atoms with Gasteiger partial charge in [0, 0.05) is 33.8 Å². The number of amides is 1. The van der Waals surface area contributed by atoms with E-state index in [1.165, 1.54) is 43.4 Å². The van der Waals surface area contributed by atoms with Gasteiger partial charge < -0.3 is 0 Å². The van der Waals surface area contributed by atoms with Gasteiger partial charge in [-0.15, -0.1) is 0 Å². The third-order valence-electron chi connectivity index (χ3n) is 2.22. The van der Waals surface area contributed by atoms with Gasteiger partial charge in [0.05, 0.1) is 4.90 Å². The van der Waals surface area contributed by atoms with Crippen LogP contribution in [0.2, 0.25) is 0 Å². The van der Waals surface area contributed by atoms with E-state index in [4.69, 9.17) is 0 Å². The number of hydrogen-bond acceptors (Lipinski definition) is 4. The van der Waals surface area contributed by atoms with Gasteiger partial charge in [-0.1, -0.05) is 0 Å². The number of carbonyl (C=O) groups is 1. The molecule has 0 saturated carbocycles. The zero-order valence-corrected chi connectivity index (χ0v) is 11.7. The minimum absolute atomic E-state index is 0.161. The van der Waals surface area contributed by atoms with Crippen LogP contribution in [-0.4, -0.2) is 51.8 Å². The molecule has 100 valence electrons. The van der Waals surface area contributed by atoms with E-state index in [0.29, 0.717) is 5.56 Å². The molecule has 1 aromatic carbocycles. The van der Waals surface area contributed by atoms with Gasteiger partial charge in [0.1, 0.15) is 0 Å². The highest BCUT2D eigenvalue weighted by molar-refractivity contribution is 7.89. The van der Waals surface area contributed by atoms with Crippen LogP contribution in [0.4, 0.5) is 0 Å². The fourth-order valence-corrected chi connectivity index (χ4v) is 2.16. The van der Waals surface area contributed by atoms with Crippen molar-refractivity contribution in [2.45, 2.75) is 4.90 Å². The average Bonchev–Trinajstić information content (AvgIpc) is 2.28. The van der Waals surface area contributed by atoms with Crippen molar-refractivity contribution in [3.05, 3.63) is 29.8 Å². The van der Waals surface area contributed by atoms with E-state index in [-0.39, 0.29) is 10.8 Å². The van der Waals surface area contributed by atoms with Crippen molar-refractivity contribution in [2.75, 3.05) is 28.2 Å². The van der Waals surface area contributed by atoms with Crippen LogP contribution in [0.1, 0.15) is 10.4 Å². The molecule has 0 aliphatic carbocycles. The number of hydrazine groups is 1. The van der Waals surface area contributed by atoms with Crippen LogP contribution in [0.3, 0.4) is 0 Å². The largest absolute Gasteiger partial charge is 0.285 e. The Balaban J connectivity index is 2.97. The van der Waals surface area contributed by atoms with Crippen molar-refractivity contribution in [1.29, 1.82) is 0 Å². The minimum Gasteiger partial charge on any atom is -0.285 e. The first-order valence-corrected chi connectivity index (χ1v) is 6.70. The summed E-state index contributed by atoms with van der Waals surface area (Å²) in [6, 6.07) is 5.80. The lowest BCUT2D eigenvalue weighted by molar-refractivity contribution is 0.0857. The molecule has 1 rings (SSSR count). The molecular formula is C11H17N3O3S. The summed E-state index contributed by atoms with van der Waals surface area (Å²) >= 11 is 0. The second-order valence-electron chi connectivity index (χ2n) is 4.15. The topological polar surface area (TPSA) is 69.7 Å². The van der Waals surface area contributed by atoms with Crippen molar-refractivity contribution in [3.63, 3.8) is 0 Å². The molecule has 1 amide bonds. The van der Waals surface area contributed by atoms with Crippen LogP contribution in [0, 0.1) is 0 Å². The number of nitrogens with one attached hydrogen (secondary N) is 1. The van der Waals surface area contributed by atoms with Crippen molar-refractivity contribution in [1.82, 2.24) is 14.7 Å². The molecule has 1 N–H and O–H groups in total. The zero-order chi connectivity index (χ0) is 13.9. The van der Waals surface area contributed by atoms with Gasteiger partial charge in [-0.25, -0.2) is 17.7 Å². The summed E-state index contributed by atoms with van der Waals surface area (Å²) < 4.78 is 24.7. The third-order valence-corrected chi connectivity index (χ3v) is 4.05. The van der Waals surface area contributed by atoms with Crippen LogP contribution >= 0.6 is 0 Å². The second-order valence-corrected chi connectivity index (χ2v) is 6.30. The van der Waals surface area contributed by atoms with Gasteiger partial charge in [0.15, 0.2) is 0 Å². The third kappa shape index (κ3) is 3.28. The van der Waals surface area contributed by atoms with Crippen molar-refractivity contribution in [2.24, 2.45) is 0 Å². The number of rotatable bonds is 4. The van der Waals surface area contributed by atoms with Crippen molar-refractivity contribution in [3.8, 4) is 0 Å². The molecule has 0 spiro atoms. The Hall–Kier alpha value is -1.44. The molecule has 0 aliphatic rings. The Bertz CT molecular complexity index is 521. The number of benzene rings is 1. The molecule has 18 heavy (non-hydrogen) atoms. The van der Waals surface area contributed by atoms with Gasteiger partial charge in [0.25, 0.3) is 5.91 Å². The van der Waals surface area contributed by atoms with E-state index >= 15 is 0 Å². The first-order chi connectivity index (χ1) is 8.25. The Morgan fingerprint density at radius 2 is 1.56 bits per heavy atom. The fraction of sp³-hybridized carbons (Fsp3) is 0.364. The smallest absolute Gasteiger partial charge is 0.265 e. The molecule has 0 heterocycles. The van der Waals surface area contributed by atoms with E-state index in [0.717, 1.165) is 4.31 Å². The van der Waals surface area contributed by atoms with Gasteiger partial charge in [0.2, 0.25) is 10.0 Å². The standard InChI is InChI=1S/C11H17N3O3S/c1-13(2)12-11(15)9-5-7-10(8-6-9)18(16,17)14(3)4/h5-8H,1-4H3,(H,12,15). The van der Waals surface area contributed by atoms with E-state index in [1.807, 2.05) is 0 Å². The Morgan fingerprint density at radius 1 is 1.06 bits per heavy atom. The summed E-state index contributed by atoms with van der Waals surface area (Å²) in [5.41, 5.74) is 2.98. The predicted octanol–water partition coefficient (Wildman–Crippen LogP) is 0.143. The van der Waals surface area contributed by atoms with E-state index < -0.39 is 10.0 Å². The van der Waals surface area contributed by atoms with E-state index in [1.54, 1.807) is 14.1 Å². The summed E-state index contributed by atoms with van der Waals surface area (Å²) in [7, 11) is 2.86. The highest BCUT2D eigenvalue weighted by atomic mass is 32.2. The molecule has 0 atom stereocenters. The van der Waals surface area contributed by atoms with Gasteiger partial charge in [-0.05, 0) is 24.3 Å². The molecular weight excluding hydrogens is 254 g/mol. The number of nitrogens with zero attached hydrogens (tertiary/aromatic N) is 2. The van der Waals surface area contributed by atoms with Crippen LogP contribution in [-0.2, 0) is 10.0 Å². The van der Waals surface area contributed by atoms with Crippen molar-refractivity contribution < 1.29 is 13.2 Å². The molecule has 0 aliphatic heterocycles. The lowest BCUT2D eigenvalue weighted by atomic mass is 10.2. The molecule has 6 nitrogen and oxygen atoms in total. The molecule has 1 aromatic rings. The lowest BCUT2D eigenvalue weighted by Gasteiger charge is -2.13. The van der Waals surface area contributed by atoms with Gasteiger partial charge >= 0.3 is 0 Å². The normalized spacial score (nSPS) is 11.9. The highest BCUT2D eigenvalue weighted by Crippen LogP contribution is 2.13. The van der Waals surface area contributed by atoms with E-state index in [2.05, 4.69) is 5.43 Å². The first kappa shape index (κ1) is 14.6. The maximum atomic E-state index is 11.8. The number of sulfonamides is 1. The first-order valence-electron chi connectivity index (χ1n) is 5.26. The number of hydrogen-bond donors (Lipinski definition) is 1. The summed E-state index contributed by atoms with van der Waals surface area (Å²) in [6.45, 7) is 0. The monoisotopic (exact) mass is 271 g/mol. The molecule has 7 heteroatoms. The summed E-state index contributed by atoms with van der Waals surface area (Å²) in [5.74, 6) is -0.284. The molecule has 0 radical (unpaired) electrons. The Labute approximate surface area is 107 Å². The Morgan fingerprint density at radius 3 is 1.94 bits per heavy atom. The van der Waals surface area contributed by atoms with Crippen LogP contribution in [0.15, 0.2) is 29.2 Å². The van der Waals surface area contributed by atoms with Crippen LogP contribution < -0.4 is 5.43 Å². The summed E-state index contributed by atoms with van der Waals surface area (Å²) in [4.78, 5) is 11.8.